The molecule has 3 aromatic rings. The maximum atomic E-state index is 13.0. The zero-order chi connectivity index (χ0) is 50.4. The van der Waals surface area contributed by atoms with Gasteiger partial charge in [0.25, 0.3) is 10.1 Å². The van der Waals surface area contributed by atoms with Crippen molar-refractivity contribution in [1.29, 1.82) is 0 Å². The highest BCUT2D eigenvalue weighted by molar-refractivity contribution is 7.86. The Morgan fingerprint density at radius 1 is 1.07 bits per heavy atom. The number of aliphatic hydroxyl groups excluding tert-OH is 2. The summed E-state index contributed by atoms with van der Waals surface area (Å²) in [5.41, 5.74) is 7.14. The number of phosphoric ester groups is 1. The first-order valence-electron chi connectivity index (χ1n) is 21.0. The fourth-order valence-electron chi connectivity index (χ4n) is 8.34. The molecule has 7 rings (SSSR count). The van der Waals surface area contributed by atoms with Crippen molar-refractivity contribution in [3.8, 4) is 23.3 Å². The number of nitrogens with two attached hydrogens (primary N) is 1. The maximum absolute atomic E-state index is 13.0. The number of rotatable bonds is 16. The third-order valence-electron chi connectivity index (χ3n) is 11.3. The number of fused-ring (bicyclic) bond motifs is 4. The molecule has 4 aliphatic heterocycles. The SMILES string of the molecule is CC[N+]1=c2cc3c(cc2CCC1)=Nc1cc2c(cc1O3)N(CCCC(=O)NCC#Cc1cn([C@@H]3O[C@H](COP(=O)(O)OP(=O)(O)OP(=O)(O)O)[C@@H](O)[C@H]3O)c(=O)nc1N)C(C)(C)C=C2CS(=O)(=O)O. The maximum Gasteiger partial charge on any atom is 0.490 e. The molecule has 6 atom stereocenters. The molecule has 10 N–H and O–H groups in total. The summed E-state index contributed by atoms with van der Waals surface area (Å²) in [6.07, 6.45) is -2.18. The lowest BCUT2D eigenvalue weighted by Crippen LogP contribution is -2.46. The number of carbonyl (C=O) groups excluding carboxylic acids is 1. The zero-order valence-electron chi connectivity index (χ0n) is 36.9. The van der Waals surface area contributed by atoms with E-state index in [4.69, 9.17) is 30.0 Å². The molecule has 26 nitrogen and oxygen atoms in total. The fraction of sp³-hybridized carbons (Fsp3) is 0.462. The number of nitrogen functional groups attached to an aromatic ring is 1. The first-order chi connectivity index (χ1) is 32.1. The number of aliphatic hydroxyl groups is 2. The van der Waals surface area contributed by atoms with Crippen LogP contribution in [0.2, 0.25) is 0 Å². The predicted molar refractivity (Wildman–Crippen MR) is 242 cm³/mol. The topological polar surface area (TPSA) is 382 Å². The lowest BCUT2D eigenvalue weighted by molar-refractivity contribution is -0.120. The molecule has 30 heteroatoms. The molecule has 0 aliphatic carbocycles. The molecule has 374 valence electrons. The van der Waals surface area contributed by atoms with Crippen molar-refractivity contribution in [2.75, 3.05) is 49.2 Å². The standard InChI is InChI=1S/C39H48N7O19P3S/c1-4-44-12-6-9-22-14-26-30(16-28(22)44)62-31-17-29-25(15-27(31)42-26)24(21-69(58,59)60)18-39(2,3)46(29)13-7-10-33(47)41-11-5-8-23-19-45(38(50)43-36(23)40)37-35(49)34(48)32(63-37)20-61-67(54,55)65-68(56,57)64-66(51,52)53/h14-19,32,34-35,37,48-49H,4,6-7,9-13,20-21H2,1-3H3,(H7-,40,41,43,47,50,51,52,53,54,55,56,57,58,59,60)/p+1/t32-,34-,35-,37-/m1/s1. The van der Waals surface area contributed by atoms with E-state index >= 15 is 0 Å². The monoisotopic (exact) mass is 1040 g/mol. The van der Waals surface area contributed by atoms with Gasteiger partial charge in [-0.25, -0.2) is 28.1 Å². The van der Waals surface area contributed by atoms with Gasteiger partial charge in [0, 0.05) is 48.5 Å². The summed E-state index contributed by atoms with van der Waals surface area (Å²) in [4.78, 5) is 72.9. The first kappa shape index (κ1) is 52.1. The fourth-order valence-corrected chi connectivity index (χ4v) is 12.0. The van der Waals surface area contributed by atoms with Crippen molar-refractivity contribution < 1.29 is 83.9 Å². The summed E-state index contributed by atoms with van der Waals surface area (Å²) in [5.74, 6) is 5.00. The van der Waals surface area contributed by atoms with Gasteiger partial charge in [0.1, 0.15) is 54.0 Å². The summed E-state index contributed by atoms with van der Waals surface area (Å²) in [6.45, 7) is 6.61. The number of amides is 1. The molecule has 2 unspecified atom stereocenters. The van der Waals surface area contributed by atoms with Crippen LogP contribution in [0.3, 0.4) is 0 Å². The molecule has 0 bridgehead atoms. The molecule has 0 saturated carbocycles. The minimum Gasteiger partial charge on any atom is -0.452 e. The van der Waals surface area contributed by atoms with Crippen LogP contribution in [0.1, 0.15) is 63.0 Å². The third kappa shape index (κ3) is 12.4. The quantitative estimate of drug-likeness (QED) is 0.0311. The Hall–Kier alpha value is -4.71. The Labute approximate surface area is 392 Å². The van der Waals surface area contributed by atoms with Crippen molar-refractivity contribution in [3.05, 3.63) is 74.4 Å². The van der Waals surface area contributed by atoms with E-state index in [-0.39, 0.29) is 30.3 Å². The Morgan fingerprint density at radius 3 is 2.51 bits per heavy atom. The van der Waals surface area contributed by atoms with Crippen LogP contribution in [0.25, 0.3) is 5.57 Å². The zero-order valence-corrected chi connectivity index (χ0v) is 40.4. The van der Waals surface area contributed by atoms with Crippen molar-refractivity contribution >= 4 is 62.3 Å². The van der Waals surface area contributed by atoms with E-state index in [0.29, 0.717) is 56.9 Å². The van der Waals surface area contributed by atoms with E-state index in [0.717, 1.165) is 37.5 Å². The summed E-state index contributed by atoms with van der Waals surface area (Å²) < 4.78 is 95.6. The van der Waals surface area contributed by atoms with Gasteiger partial charge in [0.15, 0.2) is 17.7 Å². The van der Waals surface area contributed by atoms with Gasteiger partial charge in [-0.1, -0.05) is 17.9 Å². The molecule has 69 heavy (non-hydrogen) atoms. The number of anilines is 2. The van der Waals surface area contributed by atoms with Crippen LogP contribution < -0.4 is 41.7 Å². The number of aromatic nitrogens is 2. The van der Waals surface area contributed by atoms with Gasteiger partial charge in [0.2, 0.25) is 11.3 Å². The molecule has 1 amide bonds. The van der Waals surface area contributed by atoms with Crippen molar-refractivity contribution in [1.82, 2.24) is 19.4 Å². The van der Waals surface area contributed by atoms with Crippen LogP contribution in [0.15, 0.2) is 46.3 Å². The average molecular weight is 1040 g/mol. The number of carbonyl (C=O) groups is 1. The van der Waals surface area contributed by atoms with Crippen molar-refractivity contribution in [3.63, 3.8) is 0 Å². The normalized spacial score (nSPS) is 22.2. The molecule has 1 fully saturated rings. The van der Waals surface area contributed by atoms with Crippen LogP contribution in [-0.2, 0) is 52.9 Å². The number of benzene rings is 2. The van der Waals surface area contributed by atoms with Gasteiger partial charge in [-0.3, -0.25) is 18.4 Å². The molecule has 0 spiro atoms. The van der Waals surface area contributed by atoms with E-state index in [1.807, 2.05) is 30.9 Å². The van der Waals surface area contributed by atoms with E-state index in [1.54, 1.807) is 18.2 Å². The Bertz CT molecular complexity index is 3130. The minimum absolute atomic E-state index is 0.0331. The predicted octanol–water partition coefficient (Wildman–Crippen LogP) is 0.120. The van der Waals surface area contributed by atoms with Crippen LogP contribution in [0.5, 0.6) is 11.5 Å². The summed E-state index contributed by atoms with van der Waals surface area (Å²) in [6, 6.07) is 7.57. The van der Waals surface area contributed by atoms with E-state index in [9.17, 15) is 56.3 Å². The average Bonchev–Trinajstić information content (AvgIpc) is 3.50. The number of hydrogen-bond donors (Lipinski definition) is 9. The van der Waals surface area contributed by atoms with Gasteiger partial charge in [-0.15, -0.1) is 0 Å². The molecule has 2 aromatic carbocycles. The highest BCUT2D eigenvalue weighted by Crippen LogP contribution is 2.66. The van der Waals surface area contributed by atoms with Crippen molar-refractivity contribution in [2.24, 2.45) is 4.99 Å². The number of nitrogens with zero attached hydrogens (tertiary/aromatic N) is 5. The largest absolute Gasteiger partial charge is 0.490 e. The highest BCUT2D eigenvalue weighted by Gasteiger charge is 2.47. The smallest absolute Gasteiger partial charge is 0.452 e. The number of phosphoric acid groups is 3. The lowest BCUT2D eigenvalue weighted by Gasteiger charge is -2.44. The first-order valence-corrected chi connectivity index (χ1v) is 27.1. The second-order valence-corrected chi connectivity index (χ2v) is 22.6. The molecule has 4 aliphatic rings. The number of hydrogen-bond acceptors (Lipinski definition) is 18. The second kappa shape index (κ2) is 19.8. The Kier molecular flexibility index (Phi) is 15.0. The van der Waals surface area contributed by atoms with E-state index in [1.165, 1.54) is 5.56 Å². The summed E-state index contributed by atoms with van der Waals surface area (Å²) in [7, 11) is -21.6. The third-order valence-corrected chi connectivity index (χ3v) is 15.8. The number of nitrogens with one attached hydrogen (secondary N) is 1. The lowest BCUT2D eigenvalue weighted by atomic mass is 9.88. The van der Waals surface area contributed by atoms with Crippen molar-refractivity contribution in [2.45, 2.75) is 76.5 Å². The number of ether oxygens (including phenoxy) is 2. The molecule has 1 aromatic heterocycles. The van der Waals surface area contributed by atoms with Gasteiger partial charge in [0.05, 0.1) is 30.3 Å². The minimum atomic E-state index is -5.85. The van der Waals surface area contributed by atoms with E-state index < -0.39 is 81.7 Å². The van der Waals surface area contributed by atoms with Crippen LogP contribution in [0, 0.1) is 11.8 Å². The molecular formula is C39H49N7O19P3S+. The Balaban J connectivity index is 0.995. The molecule has 0 radical (unpaired) electrons. The summed E-state index contributed by atoms with van der Waals surface area (Å²) >= 11 is 0. The van der Waals surface area contributed by atoms with Gasteiger partial charge >= 0.3 is 29.2 Å². The van der Waals surface area contributed by atoms with Crippen LogP contribution >= 0.6 is 23.5 Å². The molecular weight excluding hydrogens is 995 g/mol. The van der Waals surface area contributed by atoms with Crippen LogP contribution in [0.4, 0.5) is 17.2 Å². The van der Waals surface area contributed by atoms with Gasteiger partial charge < -0.3 is 55.2 Å². The van der Waals surface area contributed by atoms with E-state index in [2.05, 4.69) is 46.8 Å². The summed E-state index contributed by atoms with van der Waals surface area (Å²) in [5, 5.41) is 25.6. The molecule has 1 saturated heterocycles. The van der Waals surface area contributed by atoms with Gasteiger partial charge in [-0.05, 0) is 51.3 Å². The van der Waals surface area contributed by atoms with Crippen LogP contribution in [-0.4, -0.2) is 121 Å². The highest BCUT2D eigenvalue weighted by atomic mass is 32.2. The molecule has 5 heterocycles. The second-order valence-electron chi connectivity index (χ2n) is 16.7. The Morgan fingerprint density at radius 2 is 1.81 bits per heavy atom. The number of aryl methyl sites for hydroxylation is 1. The van der Waals surface area contributed by atoms with Gasteiger partial charge in [-0.2, -0.15) is 22.0 Å².